The van der Waals surface area contributed by atoms with Crippen molar-refractivity contribution in [2.24, 2.45) is 0 Å². The van der Waals surface area contributed by atoms with E-state index in [1.165, 1.54) is 0 Å². The second-order valence-corrected chi connectivity index (χ2v) is 2.23. The molecule has 1 amide bonds. The zero-order valence-electron chi connectivity index (χ0n) is 7.13. The van der Waals surface area contributed by atoms with Gasteiger partial charge in [0.25, 0.3) is 0 Å². The van der Waals surface area contributed by atoms with Crippen molar-refractivity contribution >= 4 is 5.91 Å². The Bertz CT molecular complexity index is 117. The summed E-state index contributed by atoms with van der Waals surface area (Å²) in [6.07, 6.45) is 0. The number of likely N-dealkylation sites (N-methyl/N-ethyl adjacent to an activating group) is 2. The van der Waals surface area contributed by atoms with Gasteiger partial charge >= 0.3 is 0 Å². The van der Waals surface area contributed by atoms with Gasteiger partial charge in [0.1, 0.15) is 0 Å². The van der Waals surface area contributed by atoms with Crippen LogP contribution in [-0.2, 0) is 4.79 Å². The second kappa shape index (κ2) is 6.12. The fraction of sp³-hybridized carbons (Fsp3) is 0.857. The number of nitrogens with zero attached hydrogens (tertiary/aromatic N) is 1. The molecule has 0 aliphatic heterocycles. The molecule has 0 saturated heterocycles. The topological polar surface area (TPSA) is 52.6 Å². The van der Waals surface area contributed by atoms with Crippen LogP contribution in [0.15, 0.2) is 0 Å². The maximum Gasteiger partial charge on any atom is 0.236 e. The molecule has 0 aliphatic rings. The summed E-state index contributed by atoms with van der Waals surface area (Å²) in [6, 6.07) is 0. The predicted molar refractivity (Wildman–Crippen MR) is 43.3 cm³/mol. The van der Waals surface area contributed by atoms with Crippen molar-refractivity contribution in [1.29, 1.82) is 0 Å². The lowest BCUT2D eigenvalue weighted by atomic mass is 10.4. The standard InChI is InChI=1S/C7H16N2O2/c1-3-9(4-5-10)7(11)6-8-2/h8,10H,3-6H2,1-2H3. The molecule has 0 aliphatic carbocycles. The molecule has 0 spiro atoms. The van der Waals surface area contributed by atoms with Crippen molar-refractivity contribution in [1.82, 2.24) is 10.2 Å². The van der Waals surface area contributed by atoms with Crippen molar-refractivity contribution in [2.75, 3.05) is 33.3 Å². The van der Waals surface area contributed by atoms with Crippen molar-refractivity contribution in [3.63, 3.8) is 0 Å². The third kappa shape index (κ3) is 3.95. The number of nitrogens with one attached hydrogen (secondary N) is 1. The Labute approximate surface area is 67.2 Å². The average Bonchev–Trinajstić information content (AvgIpc) is 2.00. The number of hydrogen-bond acceptors (Lipinski definition) is 3. The maximum atomic E-state index is 11.1. The number of hydrogen-bond donors (Lipinski definition) is 2. The highest BCUT2D eigenvalue weighted by molar-refractivity contribution is 5.78. The van der Waals surface area contributed by atoms with Crippen LogP contribution >= 0.6 is 0 Å². The number of aliphatic hydroxyl groups is 1. The van der Waals surface area contributed by atoms with Crippen LogP contribution < -0.4 is 5.32 Å². The molecule has 11 heavy (non-hydrogen) atoms. The third-order valence-corrected chi connectivity index (χ3v) is 1.43. The Morgan fingerprint density at radius 3 is 2.64 bits per heavy atom. The SMILES string of the molecule is CCN(CCO)C(=O)CNC. The highest BCUT2D eigenvalue weighted by Crippen LogP contribution is 1.86. The van der Waals surface area contributed by atoms with E-state index < -0.39 is 0 Å². The molecule has 4 nitrogen and oxygen atoms in total. The van der Waals surface area contributed by atoms with Gasteiger partial charge in [0.2, 0.25) is 5.91 Å². The highest BCUT2D eigenvalue weighted by Gasteiger charge is 2.08. The van der Waals surface area contributed by atoms with E-state index in [9.17, 15) is 4.79 Å². The van der Waals surface area contributed by atoms with E-state index in [-0.39, 0.29) is 12.5 Å². The van der Waals surface area contributed by atoms with E-state index in [1.54, 1.807) is 11.9 Å². The smallest absolute Gasteiger partial charge is 0.236 e. The lowest BCUT2D eigenvalue weighted by Crippen LogP contribution is -2.38. The van der Waals surface area contributed by atoms with Crippen LogP contribution in [0, 0.1) is 0 Å². The molecule has 0 fully saturated rings. The molecule has 0 rings (SSSR count). The van der Waals surface area contributed by atoms with E-state index in [0.29, 0.717) is 19.6 Å². The molecular weight excluding hydrogens is 144 g/mol. The quantitative estimate of drug-likeness (QED) is 0.545. The van der Waals surface area contributed by atoms with Crippen LogP contribution in [0.25, 0.3) is 0 Å². The molecule has 0 aromatic heterocycles. The molecule has 4 heteroatoms. The van der Waals surface area contributed by atoms with Gasteiger partial charge in [-0.15, -0.1) is 0 Å². The third-order valence-electron chi connectivity index (χ3n) is 1.43. The largest absolute Gasteiger partial charge is 0.395 e. The van der Waals surface area contributed by atoms with E-state index in [4.69, 9.17) is 5.11 Å². The number of amides is 1. The zero-order valence-corrected chi connectivity index (χ0v) is 7.13. The number of carbonyl (C=O) groups is 1. The molecular formula is C7H16N2O2. The lowest BCUT2D eigenvalue weighted by molar-refractivity contribution is -0.130. The molecule has 0 atom stereocenters. The molecule has 0 saturated carbocycles. The Morgan fingerprint density at radius 2 is 2.27 bits per heavy atom. The first-order valence-electron chi connectivity index (χ1n) is 3.79. The Hall–Kier alpha value is -0.610. The summed E-state index contributed by atoms with van der Waals surface area (Å²) in [6.45, 7) is 3.35. The fourth-order valence-corrected chi connectivity index (χ4v) is 0.843. The van der Waals surface area contributed by atoms with Gasteiger partial charge in [-0.25, -0.2) is 0 Å². The Morgan fingerprint density at radius 1 is 1.64 bits per heavy atom. The summed E-state index contributed by atoms with van der Waals surface area (Å²) in [4.78, 5) is 12.7. The lowest BCUT2D eigenvalue weighted by Gasteiger charge is -2.18. The van der Waals surface area contributed by atoms with E-state index >= 15 is 0 Å². The van der Waals surface area contributed by atoms with Gasteiger partial charge in [0, 0.05) is 13.1 Å². The summed E-state index contributed by atoms with van der Waals surface area (Å²) in [5.74, 6) is 0.0315. The number of aliphatic hydroxyl groups excluding tert-OH is 1. The van der Waals surface area contributed by atoms with Crippen molar-refractivity contribution in [3.8, 4) is 0 Å². The van der Waals surface area contributed by atoms with Gasteiger partial charge in [-0.1, -0.05) is 0 Å². The molecule has 66 valence electrons. The molecule has 0 heterocycles. The predicted octanol–water partition coefficient (Wildman–Crippen LogP) is -0.953. The molecule has 0 radical (unpaired) electrons. The summed E-state index contributed by atoms with van der Waals surface area (Å²) < 4.78 is 0. The van der Waals surface area contributed by atoms with Crippen LogP contribution in [0.3, 0.4) is 0 Å². The van der Waals surface area contributed by atoms with Crippen molar-refractivity contribution in [3.05, 3.63) is 0 Å². The van der Waals surface area contributed by atoms with Gasteiger partial charge in [0.15, 0.2) is 0 Å². The number of rotatable bonds is 5. The van der Waals surface area contributed by atoms with E-state index in [1.807, 2.05) is 6.92 Å². The fourth-order valence-electron chi connectivity index (χ4n) is 0.843. The van der Waals surface area contributed by atoms with Crippen LogP contribution in [0.4, 0.5) is 0 Å². The second-order valence-electron chi connectivity index (χ2n) is 2.23. The first-order chi connectivity index (χ1) is 5.26. The van der Waals surface area contributed by atoms with Gasteiger partial charge < -0.3 is 15.3 Å². The van der Waals surface area contributed by atoms with Gasteiger partial charge in [-0.3, -0.25) is 4.79 Å². The highest BCUT2D eigenvalue weighted by atomic mass is 16.3. The maximum absolute atomic E-state index is 11.1. The summed E-state index contributed by atoms with van der Waals surface area (Å²) >= 11 is 0. The minimum Gasteiger partial charge on any atom is -0.395 e. The molecule has 0 aromatic carbocycles. The van der Waals surface area contributed by atoms with Crippen LogP contribution in [0.2, 0.25) is 0 Å². The van der Waals surface area contributed by atoms with E-state index in [2.05, 4.69) is 5.32 Å². The molecule has 0 bridgehead atoms. The van der Waals surface area contributed by atoms with Crippen LogP contribution in [0.1, 0.15) is 6.92 Å². The molecule has 0 unspecified atom stereocenters. The molecule has 0 aromatic rings. The summed E-state index contributed by atoms with van der Waals surface area (Å²) in [5, 5.41) is 11.3. The Kier molecular flexibility index (Phi) is 5.78. The summed E-state index contributed by atoms with van der Waals surface area (Å²) in [5.41, 5.74) is 0. The average molecular weight is 160 g/mol. The Balaban J connectivity index is 3.71. The summed E-state index contributed by atoms with van der Waals surface area (Å²) in [7, 11) is 1.73. The zero-order chi connectivity index (χ0) is 8.69. The van der Waals surface area contributed by atoms with Gasteiger partial charge in [-0.2, -0.15) is 0 Å². The first kappa shape index (κ1) is 10.4. The minimum atomic E-state index is 0.0310. The van der Waals surface area contributed by atoms with E-state index in [0.717, 1.165) is 0 Å². The normalized spacial score (nSPS) is 9.73. The van der Waals surface area contributed by atoms with Crippen LogP contribution in [-0.4, -0.2) is 49.2 Å². The molecule has 2 N–H and O–H groups in total. The van der Waals surface area contributed by atoms with Gasteiger partial charge in [0.05, 0.1) is 13.2 Å². The van der Waals surface area contributed by atoms with Crippen LogP contribution in [0.5, 0.6) is 0 Å². The first-order valence-corrected chi connectivity index (χ1v) is 3.79. The van der Waals surface area contributed by atoms with Crippen molar-refractivity contribution in [2.45, 2.75) is 6.92 Å². The van der Waals surface area contributed by atoms with Crippen molar-refractivity contribution < 1.29 is 9.90 Å². The monoisotopic (exact) mass is 160 g/mol. The van der Waals surface area contributed by atoms with Gasteiger partial charge in [-0.05, 0) is 14.0 Å². The minimum absolute atomic E-state index is 0.0310. The number of carbonyl (C=O) groups excluding carboxylic acids is 1.